The number of benzene rings is 1. The molecule has 0 saturated heterocycles. The van der Waals surface area contributed by atoms with Gasteiger partial charge in [0.05, 0.1) is 17.1 Å². The van der Waals surface area contributed by atoms with Gasteiger partial charge in [0.15, 0.2) is 0 Å². The minimum absolute atomic E-state index is 0.165. The predicted molar refractivity (Wildman–Crippen MR) is 143 cm³/mol. The zero-order chi connectivity index (χ0) is 27.4. The maximum atomic E-state index is 12.9. The molecular formula is C27H42N4O6. The van der Waals surface area contributed by atoms with Crippen LogP contribution in [-0.4, -0.2) is 59.8 Å². The average Bonchev–Trinajstić information content (AvgIpc) is 3.09. The van der Waals surface area contributed by atoms with Crippen molar-refractivity contribution in [3.63, 3.8) is 0 Å². The van der Waals surface area contributed by atoms with Crippen molar-refractivity contribution in [2.45, 2.75) is 77.4 Å². The molecule has 1 atom stereocenters. The van der Waals surface area contributed by atoms with E-state index in [1.807, 2.05) is 39.0 Å². The molecule has 0 bridgehead atoms. The Labute approximate surface area is 218 Å². The molecule has 0 aliphatic rings. The maximum absolute atomic E-state index is 12.9. The lowest BCUT2D eigenvalue weighted by Crippen LogP contribution is -2.33. The van der Waals surface area contributed by atoms with Gasteiger partial charge < -0.3 is 24.9 Å². The second-order valence-electron chi connectivity index (χ2n) is 10.2. The highest BCUT2D eigenvalue weighted by molar-refractivity contribution is 5.79. The normalized spacial score (nSPS) is 12.4. The number of fused-ring (bicyclic) bond motifs is 1. The first-order chi connectivity index (χ1) is 17.6. The lowest BCUT2D eigenvalue weighted by Gasteiger charge is -2.19. The van der Waals surface area contributed by atoms with Crippen LogP contribution in [0.2, 0.25) is 0 Å². The number of aromatic nitrogens is 2. The number of imidazole rings is 1. The van der Waals surface area contributed by atoms with Crippen LogP contribution in [0.5, 0.6) is 0 Å². The number of hydrogen-bond acceptors (Lipinski definition) is 6. The molecule has 0 spiro atoms. The molecule has 1 aromatic heterocycles. The van der Waals surface area contributed by atoms with E-state index in [0.717, 1.165) is 49.5 Å². The summed E-state index contributed by atoms with van der Waals surface area (Å²) in [4.78, 5) is 47.8. The molecule has 206 valence electrons. The summed E-state index contributed by atoms with van der Waals surface area (Å²) < 4.78 is 13.9. The summed E-state index contributed by atoms with van der Waals surface area (Å²) in [6, 6.07) is 5.17. The third kappa shape index (κ3) is 9.68. The molecule has 0 fully saturated rings. The quantitative estimate of drug-likeness (QED) is 0.276. The average molecular weight is 519 g/mol. The molecular weight excluding hydrogens is 476 g/mol. The van der Waals surface area contributed by atoms with Gasteiger partial charge in [-0.05, 0) is 77.0 Å². The molecule has 1 aromatic carbocycles. The van der Waals surface area contributed by atoms with E-state index < -0.39 is 17.7 Å². The van der Waals surface area contributed by atoms with Gasteiger partial charge in [0, 0.05) is 40.3 Å². The lowest BCUT2D eigenvalue weighted by molar-refractivity contribution is -0.121. The first-order valence-electron chi connectivity index (χ1n) is 13.0. The van der Waals surface area contributed by atoms with Gasteiger partial charge in [0.2, 0.25) is 5.91 Å². The monoisotopic (exact) mass is 518 g/mol. The smallest absolute Gasteiger partial charge is 0.407 e. The number of alkyl carbamates (subject to hydrolysis) is 1. The molecule has 0 aliphatic heterocycles. The van der Waals surface area contributed by atoms with Gasteiger partial charge in [-0.3, -0.25) is 13.9 Å². The number of carbonyl (C=O) groups is 3. The van der Waals surface area contributed by atoms with Gasteiger partial charge in [-0.1, -0.05) is 6.07 Å². The SMILES string of the molecule is CNC(=O)CCC(C=O)n1c(=O)n(C)c2cc(CCCCOCCCCNC(=O)OC(C)(C)C)ccc21. The third-order valence-electron chi connectivity index (χ3n) is 5.98. The Bertz CT molecular complexity index is 1100. The number of hydrogen-bond donors (Lipinski definition) is 2. The number of aldehydes is 1. The summed E-state index contributed by atoms with van der Waals surface area (Å²) in [6.45, 7) is 7.38. The fraction of sp³-hybridized carbons (Fsp3) is 0.630. The first kappa shape index (κ1) is 30.1. The van der Waals surface area contributed by atoms with Gasteiger partial charge in [-0.2, -0.15) is 0 Å². The van der Waals surface area contributed by atoms with Gasteiger partial charge in [0.1, 0.15) is 11.9 Å². The Hall–Kier alpha value is -3.14. The predicted octanol–water partition coefficient (Wildman–Crippen LogP) is 3.25. The van der Waals surface area contributed by atoms with Gasteiger partial charge in [-0.15, -0.1) is 0 Å². The number of nitrogens with zero attached hydrogens (tertiary/aromatic N) is 2. The molecule has 2 rings (SSSR count). The number of unbranched alkanes of at least 4 members (excludes halogenated alkanes) is 2. The Morgan fingerprint density at radius 2 is 1.78 bits per heavy atom. The number of amides is 2. The number of carbonyl (C=O) groups excluding carboxylic acids is 3. The summed E-state index contributed by atoms with van der Waals surface area (Å²) in [5, 5.41) is 5.28. The van der Waals surface area contributed by atoms with E-state index in [-0.39, 0.29) is 24.4 Å². The van der Waals surface area contributed by atoms with Crippen molar-refractivity contribution >= 4 is 29.3 Å². The zero-order valence-corrected chi connectivity index (χ0v) is 22.8. The van der Waals surface area contributed by atoms with E-state index in [0.29, 0.717) is 25.3 Å². The second-order valence-corrected chi connectivity index (χ2v) is 10.2. The van der Waals surface area contributed by atoms with Crippen molar-refractivity contribution in [3.05, 3.63) is 34.2 Å². The van der Waals surface area contributed by atoms with E-state index >= 15 is 0 Å². The topological polar surface area (TPSA) is 121 Å². The minimum Gasteiger partial charge on any atom is -0.444 e. The lowest BCUT2D eigenvalue weighted by atomic mass is 10.1. The van der Waals surface area contributed by atoms with Crippen molar-refractivity contribution in [3.8, 4) is 0 Å². The fourth-order valence-corrected chi connectivity index (χ4v) is 4.02. The van der Waals surface area contributed by atoms with Gasteiger partial charge in [-0.25, -0.2) is 9.59 Å². The molecule has 0 saturated carbocycles. The van der Waals surface area contributed by atoms with Crippen LogP contribution in [0.25, 0.3) is 11.0 Å². The van der Waals surface area contributed by atoms with Gasteiger partial charge >= 0.3 is 11.8 Å². The summed E-state index contributed by atoms with van der Waals surface area (Å²) in [7, 11) is 3.24. The molecule has 1 unspecified atom stereocenters. The molecule has 2 aromatic rings. The molecule has 0 aliphatic carbocycles. The second kappa shape index (κ2) is 14.6. The Morgan fingerprint density at radius 3 is 2.43 bits per heavy atom. The Kier molecular flexibility index (Phi) is 11.8. The highest BCUT2D eigenvalue weighted by atomic mass is 16.6. The largest absolute Gasteiger partial charge is 0.444 e. The molecule has 10 nitrogen and oxygen atoms in total. The van der Waals surface area contributed by atoms with Crippen LogP contribution in [0.3, 0.4) is 0 Å². The van der Waals surface area contributed by atoms with Crippen LogP contribution < -0.4 is 16.3 Å². The van der Waals surface area contributed by atoms with Crippen LogP contribution in [0.4, 0.5) is 4.79 Å². The molecule has 2 N–H and O–H groups in total. The number of nitrogens with one attached hydrogen (secondary N) is 2. The molecule has 37 heavy (non-hydrogen) atoms. The highest BCUT2D eigenvalue weighted by Crippen LogP contribution is 2.21. The van der Waals surface area contributed by atoms with Crippen molar-refractivity contribution in [1.29, 1.82) is 0 Å². The Balaban J connectivity index is 1.75. The van der Waals surface area contributed by atoms with Crippen molar-refractivity contribution < 1.29 is 23.9 Å². The summed E-state index contributed by atoms with van der Waals surface area (Å²) in [5.41, 5.74) is 1.81. The van der Waals surface area contributed by atoms with E-state index in [4.69, 9.17) is 9.47 Å². The third-order valence-corrected chi connectivity index (χ3v) is 5.98. The van der Waals surface area contributed by atoms with Crippen LogP contribution in [0.15, 0.2) is 23.0 Å². The molecule has 1 heterocycles. The van der Waals surface area contributed by atoms with E-state index in [2.05, 4.69) is 10.6 Å². The van der Waals surface area contributed by atoms with E-state index in [9.17, 15) is 19.2 Å². The first-order valence-corrected chi connectivity index (χ1v) is 13.0. The van der Waals surface area contributed by atoms with Crippen molar-refractivity contribution in [2.24, 2.45) is 7.05 Å². The van der Waals surface area contributed by atoms with Crippen molar-refractivity contribution in [1.82, 2.24) is 19.8 Å². The van der Waals surface area contributed by atoms with Gasteiger partial charge in [0.25, 0.3) is 0 Å². The van der Waals surface area contributed by atoms with E-state index in [1.54, 1.807) is 18.7 Å². The molecule has 10 heteroatoms. The zero-order valence-electron chi connectivity index (χ0n) is 22.8. The van der Waals surface area contributed by atoms with Crippen molar-refractivity contribution in [2.75, 3.05) is 26.8 Å². The molecule has 0 radical (unpaired) electrons. The summed E-state index contributed by atoms with van der Waals surface area (Å²) in [5.74, 6) is -0.165. The standard InChI is InChI=1S/C27H42N4O6/c1-27(2,3)37-25(34)29-15-7-9-17-36-16-8-6-10-20-11-13-22-23(18-20)30(5)26(35)31(22)21(19-32)12-14-24(33)28-4/h11,13,18-19,21H,6-10,12,14-17H2,1-5H3,(H,28,33)(H,29,34). The van der Waals surface area contributed by atoms with Crippen LogP contribution >= 0.6 is 0 Å². The van der Waals surface area contributed by atoms with E-state index in [1.165, 1.54) is 4.57 Å². The van der Waals surface area contributed by atoms with Crippen LogP contribution in [-0.2, 0) is 32.5 Å². The number of rotatable bonds is 15. The summed E-state index contributed by atoms with van der Waals surface area (Å²) in [6.07, 6.45) is 5.19. The number of aryl methyl sites for hydroxylation is 2. The molecule has 2 amide bonds. The maximum Gasteiger partial charge on any atom is 0.407 e. The number of ether oxygens (including phenoxy) is 2. The van der Waals surface area contributed by atoms with Crippen LogP contribution in [0.1, 0.15) is 70.9 Å². The Morgan fingerprint density at radius 1 is 1.08 bits per heavy atom. The summed E-state index contributed by atoms with van der Waals surface area (Å²) >= 11 is 0. The highest BCUT2D eigenvalue weighted by Gasteiger charge is 2.20. The van der Waals surface area contributed by atoms with Crippen LogP contribution in [0, 0.1) is 0 Å². The minimum atomic E-state index is -0.690. The fourth-order valence-electron chi connectivity index (χ4n) is 4.02.